The van der Waals surface area contributed by atoms with E-state index in [0.717, 1.165) is 16.9 Å². The highest BCUT2D eigenvalue weighted by Gasteiger charge is 2.17. The van der Waals surface area contributed by atoms with Gasteiger partial charge in [-0.25, -0.2) is 0 Å². The molecule has 0 bridgehead atoms. The Morgan fingerprint density at radius 1 is 1.32 bits per heavy atom. The molecule has 0 spiro atoms. The van der Waals surface area contributed by atoms with Gasteiger partial charge in [0.25, 0.3) is 0 Å². The van der Waals surface area contributed by atoms with Gasteiger partial charge in [-0.15, -0.1) is 0 Å². The first-order chi connectivity index (χ1) is 9.10. The third-order valence-electron chi connectivity index (χ3n) is 2.98. The Morgan fingerprint density at radius 2 is 1.95 bits per heavy atom. The summed E-state index contributed by atoms with van der Waals surface area (Å²) >= 11 is 0. The second-order valence-electron chi connectivity index (χ2n) is 4.45. The van der Waals surface area contributed by atoms with Gasteiger partial charge in [0.2, 0.25) is 0 Å². The molecule has 1 unspecified atom stereocenters. The molecule has 0 amide bonds. The van der Waals surface area contributed by atoms with Gasteiger partial charge in [-0.05, 0) is 38.9 Å². The monoisotopic (exact) mass is 265 g/mol. The van der Waals surface area contributed by atoms with E-state index < -0.39 is 0 Å². The van der Waals surface area contributed by atoms with Gasteiger partial charge in [-0.2, -0.15) is 0 Å². The van der Waals surface area contributed by atoms with E-state index in [9.17, 15) is 4.79 Å². The van der Waals surface area contributed by atoms with Gasteiger partial charge in [-0.3, -0.25) is 4.79 Å². The smallest absolute Gasteiger partial charge is 0.323 e. The number of nitrogens with one attached hydrogen (secondary N) is 1. The van der Waals surface area contributed by atoms with Crippen LogP contribution in [0.5, 0.6) is 5.75 Å². The van der Waals surface area contributed by atoms with Gasteiger partial charge in [0, 0.05) is 6.42 Å². The molecule has 0 saturated heterocycles. The molecule has 1 aromatic rings. The van der Waals surface area contributed by atoms with Gasteiger partial charge in [-0.1, -0.05) is 18.2 Å². The van der Waals surface area contributed by atoms with Crippen molar-refractivity contribution in [3.05, 3.63) is 29.3 Å². The number of esters is 1. The SMILES string of the molecule is CCOC(=O)C(CCOc1c(C)cccc1C)NC. The zero-order valence-electron chi connectivity index (χ0n) is 12.2. The lowest BCUT2D eigenvalue weighted by Gasteiger charge is -2.16. The van der Waals surface area contributed by atoms with Gasteiger partial charge >= 0.3 is 5.97 Å². The van der Waals surface area contributed by atoms with Gasteiger partial charge in [0.15, 0.2) is 0 Å². The summed E-state index contributed by atoms with van der Waals surface area (Å²) < 4.78 is 10.8. The molecule has 0 radical (unpaired) electrons. The van der Waals surface area contributed by atoms with Crippen molar-refractivity contribution in [1.82, 2.24) is 5.32 Å². The lowest BCUT2D eigenvalue weighted by atomic mass is 10.1. The molecule has 1 rings (SSSR count). The molecule has 4 heteroatoms. The molecule has 0 aliphatic heterocycles. The standard InChI is InChI=1S/C15H23NO3/c1-5-18-15(17)13(16-4)9-10-19-14-11(2)7-6-8-12(14)3/h6-8,13,16H,5,9-10H2,1-4H3. The Kier molecular flexibility index (Phi) is 6.36. The van der Waals surface area contributed by atoms with E-state index in [2.05, 4.69) is 5.32 Å². The van der Waals surface area contributed by atoms with Crippen LogP contribution in [0.15, 0.2) is 18.2 Å². The topological polar surface area (TPSA) is 47.6 Å². The number of rotatable bonds is 7. The maximum atomic E-state index is 11.6. The first-order valence-electron chi connectivity index (χ1n) is 6.63. The third kappa shape index (κ3) is 4.56. The number of likely N-dealkylation sites (N-methyl/N-ethyl adjacent to an activating group) is 1. The quantitative estimate of drug-likeness (QED) is 0.768. The summed E-state index contributed by atoms with van der Waals surface area (Å²) in [5.74, 6) is 0.677. The number of benzene rings is 1. The van der Waals surface area contributed by atoms with Gasteiger partial charge in [0.05, 0.1) is 13.2 Å². The summed E-state index contributed by atoms with van der Waals surface area (Å²) in [5, 5.41) is 2.95. The maximum Gasteiger partial charge on any atom is 0.323 e. The molecule has 4 nitrogen and oxygen atoms in total. The second-order valence-corrected chi connectivity index (χ2v) is 4.45. The molecule has 106 valence electrons. The van der Waals surface area contributed by atoms with Crippen LogP contribution in [0.2, 0.25) is 0 Å². The van der Waals surface area contributed by atoms with Crippen molar-refractivity contribution in [1.29, 1.82) is 0 Å². The molecule has 1 aromatic carbocycles. The van der Waals surface area contributed by atoms with Crippen LogP contribution in [0.3, 0.4) is 0 Å². The zero-order valence-corrected chi connectivity index (χ0v) is 12.2. The number of carbonyl (C=O) groups excluding carboxylic acids is 1. The summed E-state index contributed by atoms with van der Waals surface area (Å²) in [7, 11) is 1.75. The summed E-state index contributed by atoms with van der Waals surface area (Å²) in [6.45, 7) is 6.72. The Bertz CT molecular complexity index is 398. The van der Waals surface area contributed by atoms with Crippen molar-refractivity contribution < 1.29 is 14.3 Å². The van der Waals surface area contributed by atoms with Crippen molar-refractivity contribution in [3.63, 3.8) is 0 Å². The maximum absolute atomic E-state index is 11.6. The fraction of sp³-hybridized carbons (Fsp3) is 0.533. The number of hydrogen-bond donors (Lipinski definition) is 1. The van der Waals surface area contributed by atoms with Gasteiger partial charge < -0.3 is 14.8 Å². The summed E-state index contributed by atoms with van der Waals surface area (Å²) in [6.07, 6.45) is 0.586. The molecule has 0 aliphatic rings. The molecule has 0 fully saturated rings. The highest BCUT2D eigenvalue weighted by Crippen LogP contribution is 2.22. The number of carbonyl (C=O) groups is 1. The molecule has 19 heavy (non-hydrogen) atoms. The number of ether oxygens (including phenoxy) is 2. The van der Waals surface area contributed by atoms with Crippen LogP contribution >= 0.6 is 0 Å². The minimum absolute atomic E-state index is 0.227. The Hall–Kier alpha value is -1.55. The Labute approximate surface area is 115 Å². The average molecular weight is 265 g/mol. The minimum atomic E-state index is -0.315. The second kappa shape index (κ2) is 7.79. The fourth-order valence-corrected chi connectivity index (χ4v) is 1.93. The van der Waals surface area contributed by atoms with E-state index in [-0.39, 0.29) is 12.0 Å². The highest BCUT2D eigenvalue weighted by atomic mass is 16.5. The van der Waals surface area contributed by atoms with E-state index in [1.165, 1.54) is 0 Å². The zero-order chi connectivity index (χ0) is 14.3. The summed E-state index contributed by atoms with van der Waals surface area (Å²) in [6, 6.07) is 5.73. The number of aryl methyl sites for hydroxylation is 2. The predicted octanol–water partition coefficient (Wildman–Crippen LogP) is 2.22. The van der Waals surface area contributed by atoms with Crippen LogP contribution in [0.1, 0.15) is 24.5 Å². The Morgan fingerprint density at radius 3 is 2.47 bits per heavy atom. The molecule has 1 atom stereocenters. The fourth-order valence-electron chi connectivity index (χ4n) is 1.93. The highest BCUT2D eigenvalue weighted by molar-refractivity contribution is 5.75. The van der Waals surface area contributed by atoms with Crippen LogP contribution in [0.4, 0.5) is 0 Å². The molecule has 0 aromatic heterocycles. The third-order valence-corrected chi connectivity index (χ3v) is 2.98. The molecular weight excluding hydrogens is 242 g/mol. The van der Waals surface area contributed by atoms with Crippen molar-refractivity contribution in [2.45, 2.75) is 33.2 Å². The largest absolute Gasteiger partial charge is 0.493 e. The lowest BCUT2D eigenvalue weighted by Crippen LogP contribution is -2.36. The molecular formula is C15H23NO3. The van der Waals surface area contributed by atoms with Crippen LogP contribution in [-0.2, 0) is 9.53 Å². The van der Waals surface area contributed by atoms with Gasteiger partial charge in [0.1, 0.15) is 11.8 Å². The molecule has 0 aliphatic carbocycles. The normalized spacial score (nSPS) is 12.0. The first kappa shape index (κ1) is 15.5. The van der Waals surface area contributed by atoms with Crippen molar-refractivity contribution >= 4 is 5.97 Å². The van der Waals surface area contributed by atoms with Crippen molar-refractivity contribution in [3.8, 4) is 5.75 Å². The number of para-hydroxylation sites is 1. The lowest BCUT2D eigenvalue weighted by molar-refractivity contribution is -0.145. The number of hydrogen-bond acceptors (Lipinski definition) is 4. The van der Waals surface area contributed by atoms with Crippen molar-refractivity contribution in [2.24, 2.45) is 0 Å². The van der Waals surface area contributed by atoms with Crippen LogP contribution in [0, 0.1) is 13.8 Å². The average Bonchev–Trinajstić information content (AvgIpc) is 2.37. The van der Waals surface area contributed by atoms with Crippen LogP contribution < -0.4 is 10.1 Å². The van der Waals surface area contributed by atoms with E-state index >= 15 is 0 Å². The van der Waals surface area contributed by atoms with E-state index in [0.29, 0.717) is 19.6 Å². The minimum Gasteiger partial charge on any atom is -0.493 e. The van der Waals surface area contributed by atoms with E-state index in [1.54, 1.807) is 14.0 Å². The first-order valence-corrected chi connectivity index (χ1v) is 6.63. The van der Waals surface area contributed by atoms with Crippen LogP contribution in [0.25, 0.3) is 0 Å². The van der Waals surface area contributed by atoms with Crippen molar-refractivity contribution in [2.75, 3.05) is 20.3 Å². The Balaban J connectivity index is 2.51. The van der Waals surface area contributed by atoms with Crippen LogP contribution in [-0.4, -0.2) is 32.3 Å². The summed E-state index contributed by atoms with van der Waals surface area (Å²) in [5.41, 5.74) is 2.22. The van der Waals surface area contributed by atoms with E-state index in [1.807, 2.05) is 32.0 Å². The molecule has 0 heterocycles. The van der Waals surface area contributed by atoms with E-state index in [4.69, 9.17) is 9.47 Å². The molecule has 1 N–H and O–H groups in total. The predicted molar refractivity (Wildman–Crippen MR) is 75.5 cm³/mol. The summed E-state index contributed by atoms with van der Waals surface area (Å²) in [4.78, 5) is 11.6. The molecule has 0 saturated carbocycles.